The van der Waals surface area contributed by atoms with E-state index in [4.69, 9.17) is 4.74 Å². The van der Waals surface area contributed by atoms with Crippen LogP contribution < -0.4 is 0 Å². The Bertz CT molecular complexity index is 311. The molecule has 1 aliphatic heterocycles. The van der Waals surface area contributed by atoms with Crippen molar-refractivity contribution in [3.05, 3.63) is 11.6 Å². The third-order valence-corrected chi connectivity index (χ3v) is 3.05. The molecule has 1 fully saturated rings. The Balaban J connectivity index is 2.64. The minimum absolute atomic E-state index is 0.158. The summed E-state index contributed by atoms with van der Waals surface area (Å²) in [6.45, 7) is 10.8. The number of carbonyl (C=O) groups is 1. The summed E-state index contributed by atoms with van der Waals surface area (Å²) in [5.41, 5.74) is 0.903. The van der Waals surface area contributed by atoms with Crippen LogP contribution in [-0.4, -0.2) is 29.2 Å². The second kappa shape index (κ2) is 6.26. The number of carbonyl (C=O) groups excluding carboxylic acids is 1. The van der Waals surface area contributed by atoms with Crippen LogP contribution in [0.15, 0.2) is 11.6 Å². The van der Waals surface area contributed by atoms with E-state index in [0.717, 1.165) is 25.8 Å². The molecule has 0 aromatic rings. The molecule has 3 nitrogen and oxygen atoms in total. The minimum atomic E-state index is -0.407. The molecule has 0 aliphatic carbocycles. The zero-order chi connectivity index (χ0) is 13.8. The van der Waals surface area contributed by atoms with Crippen LogP contribution in [0.5, 0.6) is 0 Å². The van der Waals surface area contributed by atoms with Gasteiger partial charge in [-0.05, 0) is 60.3 Å². The van der Waals surface area contributed by atoms with E-state index in [9.17, 15) is 4.79 Å². The third kappa shape index (κ3) is 5.11. The number of rotatable bonds is 2. The monoisotopic (exact) mass is 253 g/mol. The third-order valence-electron chi connectivity index (χ3n) is 3.05. The average Bonchev–Trinajstić information content (AvgIpc) is 2.24. The predicted octanol–water partition coefficient (Wildman–Crippen LogP) is 4.13. The molecule has 0 saturated carbocycles. The van der Waals surface area contributed by atoms with Crippen LogP contribution in [0.1, 0.15) is 60.3 Å². The maximum atomic E-state index is 12.2. The van der Waals surface area contributed by atoms with Crippen molar-refractivity contribution in [1.29, 1.82) is 0 Å². The molecule has 18 heavy (non-hydrogen) atoms. The number of piperidine rings is 1. The Labute approximate surface area is 111 Å². The lowest BCUT2D eigenvalue weighted by Crippen LogP contribution is -2.45. The van der Waals surface area contributed by atoms with Crippen molar-refractivity contribution in [2.45, 2.75) is 71.9 Å². The van der Waals surface area contributed by atoms with Crippen LogP contribution in [0, 0.1) is 0 Å². The number of allylic oxidation sites excluding steroid dienone is 1. The Kier molecular flexibility index (Phi) is 5.24. The van der Waals surface area contributed by atoms with Gasteiger partial charge in [-0.25, -0.2) is 4.79 Å². The maximum absolute atomic E-state index is 12.2. The van der Waals surface area contributed by atoms with E-state index >= 15 is 0 Å². The van der Waals surface area contributed by atoms with E-state index in [1.54, 1.807) is 0 Å². The number of amides is 1. The molecule has 0 N–H and O–H groups in total. The van der Waals surface area contributed by atoms with E-state index < -0.39 is 5.60 Å². The fourth-order valence-electron chi connectivity index (χ4n) is 2.18. The summed E-state index contributed by atoms with van der Waals surface area (Å²) in [7, 11) is 0. The van der Waals surface area contributed by atoms with Gasteiger partial charge in [0.25, 0.3) is 0 Å². The van der Waals surface area contributed by atoms with Crippen molar-refractivity contribution in [1.82, 2.24) is 4.90 Å². The second-order valence-electron chi connectivity index (χ2n) is 6.34. The first-order valence-corrected chi connectivity index (χ1v) is 6.92. The highest BCUT2D eigenvalue weighted by Gasteiger charge is 2.29. The summed E-state index contributed by atoms with van der Waals surface area (Å²) in [5.74, 6) is 0. The lowest BCUT2D eigenvalue weighted by Gasteiger charge is -2.36. The molecule has 1 heterocycles. The van der Waals surface area contributed by atoms with Crippen molar-refractivity contribution in [2.24, 2.45) is 0 Å². The average molecular weight is 253 g/mol. The fraction of sp³-hybridized carbons (Fsp3) is 0.800. The molecule has 1 amide bonds. The maximum Gasteiger partial charge on any atom is 0.410 e. The molecular formula is C15H27NO2. The molecule has 0 radical (unpaired) electrons. The van der Waals surface area contributed by atoms with Crippen molar-refractivity contribution < 1.29 is 9.53 Å². The van der Waals surface area contributed by atoms with E-state index in [2.05, 4.69) is 19.9 Å². The van der Waals surface area contributed by atoms with Gasteiger partial charge in [0.15, 0.2) is 0 Å². The topological polar surface area (TPSA) is 29.5 Å². The van der Waals surface area contributed by atoms with Crippen molar-refractivity contribution in [3.63, 3.8) is 0 Å². The van der Waals surface area contributed by atoms with Gasteiger partial charge < -0.3 is 9.64 Å². The Hall–Kier alpha value is -0.990. The number of hydrogen-bond donors (Lipinski definition) is 0. The molecule has 0 aromatic heterocycles. The van der Waals surface area contributed by atoms with Crippen molar-refractivity contribution in [2.75, 3.05) is 6.54 Å². The Morgan fingerprint density at radius 1 is 1.33 bits per heavy atom. The summed E-state index contributed by atoms with van der Waals surface area (Å²) >= 11 is 0. The molecule has 104 valence electrons. The molecule has 0 bridgehead atoms. The first kappa shape index (κ1) is 15.1. The van der Waals surface area contributed by atoms with E-state index in [1.165, 1.54) is 12.0 Å². The number of hydrogen-bond acceptors (Lipinski definition) is 2. The van der Waals surface area contributed by atoms with Crippen LogP contribution in [-0.2, 0) is 4.74 Å². The Morgan fingerprint density at radius 2 is 2.00 bits per heavy atom. The summed E-state index contributed by atoms with van der Waals surface area (Å²) in [5, 5.41) is 0. The zero-order valence-electron chi connectivity index (χ0n) is 12.5. The van der Waals surface area contributed by atoms with Crippen LogP contribution in [0.2, 0.25) is 0 Å². The number of likely N-dealkylation sites (tertiary alicyclic amines) is 1. The van der Waals surface area contributed by atoms with Gasteiger partial charge in [-0.2, -0.15) is 0 Å². The lowest BCUT2D eigenvalue weighted by atomic mass is 9.99. The Morgan fingerprint density at radius 3 is 2.56 bits per heavy atom. The highest BCUT2D eigenvalue weighted by atomic mass is 16.6. The van der Waals surface area contributed by atoms with Crippen molar-refractivity contribution in [3.8, 4) is 0 Å². The van der Waals surface area contributed by atoms with Crippen LogP contribution in [0.4, 0.5) is 4.79 Å². The first-order chi connectivity index (χ1) is 8.29. The summed E-state index contributed by atoms with van der Waals surface area (Å²) in [4.78, 5) is 14.1. The molecule has 1 rings (SSSR count). The highest BCUT2D eigenvalue weighted by molar-refractivity contribution is 5.68. The molecule has 1 unspecified atom stereocenters. The van der Waals surface area contributed by atoms with Gasteiger partial charge in [0.2, 0.25) is 0 Å². The van der Waals surface area contributed by atoms with Crippen LogP contribution in [0.25, 0.3) is 0 Å². The summed E-state index contributed by atoms with van der Waals surface area (Å²) < 4.78 is 5.48. The second-order valence-corrected chi connectivity index (χ2v) is 6.34. The molecule has 3 heteroatoms. The predicted molar refractivity (Wildman–Crippen MR) is 74.6 cm³/mol. The van der Waals surface area contributed by atoms with Crippen LogP contribution >= 0.6 is 0 Å². The molecule has 1 aliphatic rings. The first-order valence-electron chi connectivity index (χ1n) is 6.92. The van der Waals surface area contributed by atoms with E-state index in [-0.39, 0.29) is 6.09 Å². The van der Waals surface area contributed by atoms with Gasteiger partial charge in [0.1, 0.15) is 5.60 Å². The lowest BCUT2D eigenvalue weighted by molar-refractivity contribution is 0.0102. The standard InChI is InChI=1S/C15H27NO2/c1-12(2)9-10-13-8-6-7-11-16(13)14(17)18-15(3,4)5/h9,13H,6-8,10-11H2,1-5H3. The fourth-order valence-corrected chi connectivity index (χ4v) is 2.18. The smallest absolute Gasteiger partial charge is 0.410 e. The molecule has 0 aromatic carbocycles. The van der Waals surface area contributed by atoms with Gasteiger partial charge in [0, 0.05) is 12.6 Å². The van der Waals surface area contributed by atoms with Gasteiger partial charge >= 0.3 is 6.09 Å². The van der Waals surface area contributed by atoms with E-state index in [0.29, 0.717) is 6.04 Å². The van der Waals surface area contributed by atoms with Gasteiger partial charge in [-0.1, -0.05) is 11.6 Å². The molecule has 0 spiro atoms. The number of ether oxygens (including phenoxy) is 1. The van der Waals surface area contributed by atoms with Crippen molar-refractivity contribution >= 4 is 6.09 Å². The summed E-state index contributed by atoms with van der Waals surface area (Å²) in [6.07, 6.45) is 6.39. The largest absolute Gasteiger partial charge is 0.444 e. The van der Waals surface area contributed by atoms with Gasteiger partial charge in [-0.3, -0.25) is 0 Å². The SMILES string of the molecule is CC(C)=CCC1CCCCN1C(=O)OC(C)(C)C. The molecule has 1 atom stereocenters. The minimum Gasteiger partial charge on any atom is -0.444 e. The quantitative estimate of drug-likeness (QED) is 0.692. The highest BCUT2D eigenvalue weighted by Crippen LogP contribution is 2.23. The molecule has 1 saturated heterocycles. The van der Waals surface area contributed by atoms with Gasteiger partial charge in [0.05, 0.1) is 0 Å². The van der Waals surface area contributed by atoms with Crippen LogP contribution in [0.3, 0.4) is 0 Å². The van der Waals surface area contributed by atoms with Gasteiger partial charge in [-0.15, -0.1) is 0 Å². The normalized spacial score (nSPS) is 20.5. The molecular weight excluding hydrogens is 226 g/mol. The summed E-state index contributed by atoms with van der Waals surface area (Å²) in [6, 6.07) is 0.309. The van der Waals surface area contributed by atoms with E-state index in [1.807, 2.05) is 25.7 Å². The number of nitrogens with zero attached hydrogens (tertiary/aromatic N) is 1. The zero-order valence-corrected chi connectivity index (χ0v) is 12.5.